The van der Waals surface area contributed by atoms with Crippen LogP contribution >= 0.6 is 0 Å². The first kappa shape index (κ1) is 17.6. The van der Waals surface area contributed by atoms with Gasteiger partial charge in [0.15, 0.2) is 0 Å². The molecule has 0 bridgehead atoms. The molecule has 26 heavy (non-hydrogen) atoms. The number of nitrogens with zero attached hydrogens (tertiary/aromatic N) is 1. The van der Waals surface area contributed by atoms with Crippen LogP contribution in [0.25, 0.3) is 0 Å². The average Bonchev–Trinajstić information content (AvgIpc) is 2.98. The standard InChI is InChI=1S/C21H26N2O2S/c1-15(18-4-3-17-9-12-25-21(17)14-18)23-10-7-16-5-6-20(26(2,22)24)13-19(16)8-11-23/h3-6,13-15,22H,7-12H2,1-2H3/t15-,26+/m0/s1. The van der Waals surface area contributed by atoms with Gasteiger partial charge in [-0.15, -0.1) is 0 Å². The molecule has 0 unspecified atom stereocenters. The quantitative estimate of drug-likeness (QED) is 0.894. The number of nitrogens with one attached hydrogen (secondary N) is 1. The number of rotatable bonds is 3. The van der Waals surface area contributed by atoms with Gasteiger partial charge in [0.1, 0.15) is 5.75 Å². The summed E-state index contributed by atoms with van der Waals surface area (Å²) in [6.07, 6.45) is 4.44. The zero-order valence-electron chi connectivity index (χ0n) is 15.5. The van der Waals surface area contributed by atoms with Gasteiger partial charge < -0.3 is 4.74 Å². The van der Waals surface area contributed by atoms with Crippen molar-refractivity contribution in [1.29, 1.82) is 4.78 Å². The van der Waals surface area contributed by atoms with Crippen molar-refractivity contribution in [3.63, 3.8) is 0 Å². The van der Waals surface area contributed by atoms with Gasteiger partial charge in [0.2, 0.25) is 0 Å². The fourth-order valence-corrected chi connectivity index (χ4v) is 4.70. The van der Waals surface area contributed by atoms with Gasteiger partial charge in [-0.3, -0.25) is 4.90 Å². The third-order valence-corrected chi connectivity index (χ3v) is 6.87. The van der Waals surface area contributed by atoms with Crippen LogP contribution in [0, 0.1) is 4.78 Å². The molecule has 2 aromatic carbocycles. The molecular formula is C21H26N2O2S. The van der Waals surface area contributed by atoms with Gasteiger partial charge in [-0.25, -0.2) is 8.99 Å². The fourth-order valence-electron chi connectivity index (χ4n) is 4.00. The molecule has 2 heterocycles. The van der Waals surface area contributed by atoms with Crippen molar-refractivity contribution in [3.05, 3.63) is 58.7 Å². The van der Waals surface area contributed by atoms with E-state index in [0.29, 0.717) is 10.9 Å². The van der Waals surface area contributed by atoms with Gasteiger partial charge in [-0.1, -0.05) is 18.2 Å². The molecule has 138 valence electrons. The van der Waals surface area contributed by atoms with E-state index in [4.69, 9.17) is 9.52 Å². The number of ether oxygens (including phenoxy) is 1. The minimum Gasteiger partial charge on any atom is -0.493 e. The van der Waals surface area contributed by atoms with Gasteiger partial charge >= 0.3 is 0 Å². The van der Waals surface area contributed by atoms with E-state index in [9.17, 15) is 4.21 Å². The van der Waals surface area contributed by atoms with E-state index in [0.717, 1.165) is 44.7 Å². The van der Waals surface area contributed by atoms with Crippen LogP contribution in [0.2, 0.25) is 0 Å². The number of hydrogen-bond acceptors (Lipinski definition) is 4. The summed E-state index contributed by atoms with van der Waals surface area (Å²) in [5.41, 5.74) is 5.19. The Balaban J connectivity index is 1.53. The SMILES string of the molecule is C[C@@H](c1ccc2c(c1)OCC2)N1CCc2ccc([S@](C)(=N)=O)cc2CC1. The lowest BCUT2D eigenvalue weighted by molar-refractivity contribution is 0.220. The Bertz CT molecular complexity index is 937. The minimum atomic E-state index is -2.65. The zero-order chi connectivity index (χ0) is 18.3. The van der Waals surface area contributed by atoms with E-state index in [1.54, 1.807) is 0 Å². The zero-order valence-corrected chi connectivity index (χ0v) is 16.3. The Morgan fingerprint density at radius 3 is 2.54 bits per heavy atom. The molecule has 0 aromatic heterocycles. The molecule has 4 nitrogen and oxygen atoms in total. The van der Waals surface area contributed by atoms with Gasteiger partial charge in [0.25, 0.3) is 0 Å². The summed E-state index contributed by atoms with van der Waals surface area (Å²) >= 11 is 0. The smallest absolute Gasteiger partial charge is 0.122 e. The minimum absolute atomic E-state index is 0.338. The number of hydrogen-bond donors (Lipinski definition) is 1. The normalized spacial score (nSPS) is 20.4. The number of benzene rings is 2. The van der Waals surface area contributed by atoms with E-state index in [1.807, 2.05) is 12.1 Å². The second kappa shape index (κ2) is 6.71. The molecule has 0 aliphatic carbocycles. The monoisotopic (exact) mass is 370 g/mol. The molecule has 0 amide bonds. The molecule has 5 heteroatoms. The van der Waals surface area contributed by atoms with Crippen LogP contribution in [0.4, 0.5) is 0 Å². The van der Waals surface area contributed by atoms with Crippen LogP contribution in [-0.4, -0.2) is 35.1 Å². The molecule has 2 aliphatic rings. The molecule has 0 radical (unpaired) electrons. The lowest BCUT2D eigenvalue weighted by Crippen LogP contribution is -2.29. The van der Waals surface area contributed by atoms with E-state index in [1.165, 1.54) is 28.5 Å². The van der Waals surface area contributed by atoms with Crippen molar-refractivity contribution in [1.82, 2.24) is 4.90 Å². The highest BCUT2D eigenvalue weighted by Crippen LogP contribution is 2.31. The van der Waals surface area contributed by atoms with Crippen LogP contribution in [0.1, 0.15) is 35.2 Å². The van der Waals surface area contributed by atoms with Crippen molar-refractivity contribution in [3.8, 4) is 5.75 Å². The van der Waals surface area contributed by atoms with E-state index < -0.39 is 9.73 Å². The highest BCUT2D eigenvalue weighted by atomic mass is 32.2. The van der Waals surface area contributed by atoms with Gasteiger partial charge in [-0.2, -0.15) is 0 Å². The maximum absolute atomic E-state index is 12.1. The van der Waals surface area contributed by atoms with Crippen molar-refractivity contribution in [2.24, 2.45) is 0 Å². The Labute approximate surface area is 156 Å². The maximum atomic E-state index is 12.1. The summed E-state index contributed by atoms with van der Waals surface area (Å²) in [4.78, 5) is 3.16. The second-order valence-corrected chi connectivity index (χ2v) is 9.61. The highest BCUT2D eigenvalue weighted by molar-refractivity contribution is 7.91. The van der Waals surface area contributed by atoms with Crippen LogP contribution in [0.3, 0.4) is 0 Å². The summed E-state index contributed by atoms with van der Waals surface area (Å²) < 4.78 is 25.6. The van der Waals surface area contributed by atoms with Gasteiger partial charge in [-0.05, 0) is 60.2 Å². The number of fused-ring (bicyclic) bond motifs is 2. The van der Waals surface area contributed by atoms with Crippen LogP contribution in [-0.2, 0) is 29.0 Å². The maximum Gasteiger partial charge on any atom is 0.122 e. The van der Waals surface area contributed by atoms with Crippen molar-refractivity contribution in [2.45, 2.75) is 37.1 Å². The van der Waals surface area contributed by atoms with Crippen molar-refractivity contribution < 1.29 is 8.95 Å². The molecule has 1 N–H and O–H groups in total. The van der Waals surface area contributed by atoms with Gasteiger partial charge in [0, 0.05) is 36.7 Å². The molecule has 2 aliphatic heterocycles. The van der Waals surface area contributed by atoms with E-state index >= 15 is 0 Å². The molecule has 2 aromatic rings. The van der Waals surface area contributed by atoms with Crippen molar-refractivity contribution >= 4 is 9.73 Å². The first-order chi connectivity index (χ1) is 12.4. The van der Waals surface area contributed by atoms with Crippen LogP contribution < -0.4 is 4.74 Å². The molecule has 2 atom stereocenters. The Morgan fingerprint density at radius 2 is 1.77 bits per heavy atom. The van der Waals surface area contributed by atoms with Gasteiger partial charge in [0.05, 0.1) is 16.3 Å². The van der Waals surface area contributed by atoms with Crippen LogP contribution in [0.5, 0.6) is 5.75 Å². The predicted octanol–water partition coefficient (Wildman–Crippen LogP) is 3.82. The van der Waals surface area contributed by atoms with Crippen molar-refractivity contribution in [2.75, 3.05) is 26.0 Å². The van der Waals surface area contributed by atoms with E-state index in [-0.39, 0.29) is 0 Å². The van der Waals surface area contributed by atoms with E-state index in [2.05, 4.69) is 36.1 Å². The summed E-state index contributed by atoms with van der Waals surface area (Å²) in [5.74, 6) is 1.05. The molecule has 4 rings (SSSR count). The second-order valence-electron chi connectivity index (χ2n) is 7.45. The Hall–Kier alpha value is -1.85. The summed E-state index contributed by atoms with van der Waals surface area (Å²) in [5, 5.41) is 0. The molecule has 0 fully saturated rings. The lowest BCUT2D eigenvalue weighted by Gasteiger charge is -2.28. The molecule has 0 saturated carbocycles. The lowest BCUT2D eigenvalue weighted by atomic mass is 10.0. The molecular weight excluding hydrogens is 344 g/mol. The first-order valence-electron chi connectivity index (χ1n) is 9.27. The third kappa shape index (κ3) is 3.38. The molecule has 0 saturated heterocycles. The highest BCUT2D eigenvalue weighted by Gasteiger charge is 2.22. The summed E-state index contributed by atoms with van der Waals surface area (Å²) in [7, 11) is -2.65. The Kier molecular flexibility index (Phi) is 4.53. The largest absolute Gasteiger partial charge is 0.493 e. The predicted molar refractivity (Wildman–Crippen MR) is 105 cm³/mol. The third-order valence-electron chi connectivity index (χ3n) is 5.71. The average molecular weight is 371 g/mol. The van der Waals surface area contributed by atoms with Crippen LogP contribution in [0.15, 0.2) is 41.3 Å². The summed E-state index contributed by atoms with van der Waals surface area (Å²) in [6.45, 7) is 5.04. The Morgan fingerprint density at radius 1 is 1.04 bits per heavy atom. The summed E-state index contributed by atoms with van der Waals surface area (Å²) in [6, 6.07) is 12.9. The first-order valence-corrected chi connectivity index (χ1v) is 11.2. The topological polar surface area (TPSA) is 53.4 Å². The molecule has 0 spiro atoms. The fraction of sp³-hybridized carbons (Fsp3) is 0.429.